The van der Waals surface area contributed by atoms with Gasteiger partial charge in [0, 0.05) is 12.2 Å². The van der Waals surface area contributed by atoms with E-state index < -0.39 is 41.6 Å². The average Bonchev–Trinajstić information content (AvgIpc) is 3.53. The van der Waals surface area contributed by atoms with Gasteiger partial charge in [-0.1, -0.05) is 24.3 Å². The van der Waals surface area contributed by atoms with Gasteiger partial charge in [0.1, 0.15) is 11.6 Å². The number of fused-ring (bicyclic) bond motifs is 1. The van der Waals surface area contributed by atoms with Gasteiger partial charge in [-0.05, 0) is 63.6 Å². The molecular weight excluding hydrogens is 472 g/mol. The summed E-state index contributed by atoms with van der Waals surface area (Å²) in [5.74, 6) is -2.70. The summed E-state index contributed by atoms with van der Waals surface area (Å²) in [5, 5.41) is 10.0. The van der Waals surface area contributed by atoms with Crippen LogP contribution in [-0.4, -0.2) is 71.3 Å². The lowest BCUT2D eigenvalue weighted by atomic mass is 9.70. The molecule has 2 bridgehead atoms. The molecule has 2 amide bonds. The van der Waals surface area contributed by atoms with Crippen molar-refractivity contribution in [2.45, 2.75) is 70.2 Å². The van der Waals surface area contributed by atoms with Crippen molar-refractivity contribution in [2.24, 2.45) is 11.8 Å². The van der Waals surface area contributed by atoms with Gasteiger partial charge in [-0.15, -0.1) is 13.2 Å². The molecule has 3 saturated heterocycles. The van der Waals surface area contributed by atoms with E-state index >= 15 is 0 Å². The third kappa shape index (κ3) is 4.50. The number of esters is 1. The highest BCUT2D eigenvalue weighted by Gasteiger charge is 2.75. The summed E-state index contributed by atoms with van der Waals surface area (Å²) >= 11 is 0. The molecule has 0 radical (unpaired) electrons. The first-order chi connectivity index (χ1) is 17.7. The van der Waals surface area contributed by atoms with Gasteiger partial charge in [-0.3, -0.25) is 14.4 Å². The second-order valence-corrected chi connectivity index (χ2v) is 10.5. The summed E-state index contributed by atoms with van der Waals surface area (Å²) in [6, 6.07) is 4.28. The molecule has 0 aromatic heterocycles. The van der Waals surface area contributed by atoms with Gasteiger partial charge in [0.25, 0.3) is 5.91 Å². The van der Waals surface area contributed by atoms with Gasteiger partial charge < -0.3 is 24.4 Å². The Morgan fingerprint density at radius 3 is 2.76 bits per heavy atom. The Balaban J connectivity index is 1.73. The highest BCUT2D eigenvalue weighted by Crippen LogP contribution is 2.59. The minimum absolute atomic E-state index is 0.237. The topological polar surface area (TPSA) is 96.4 Å². The molecule has 200 valence electrons. The van der Waals surface area contributed by atoms with Gasteiger partial charge in [-0.2, -0.15) is 0 Å². The number of likely N-dealkylation sites (tertiary alicyclic amines) is 1. The number of unbranched alkanes of at least 4 members (excludes halogenated alkanes) is 1. The van der Waals surface area contributed by atoms with Gasteiger partial charge in [0.15, 0.2) is 0 Å². The molecule has 3 aliphatic rings. The van der Waals surface area contributed by atoms with Crippen molar-refractivity contribution in [3.05, 3.63) is 54.6 Å². The van der Waals surface area contributed by atoms with Gasteiger partial charge in [0.2, 0.25) is 5.91 Å². The van der Waals surface area contributed by atoms with E-state index in [9.17, 15) is 19.5 Å². The van der Waals surface area contributed by atoms with E-state index in [1.54, 1.807) is 24.0 Å². The smallest absolute Gasteiger partial charge is 0.312 e. The van der Waals surface area contributed by atoms with Crippen molar-refractivity contribution in [1.82, 2.24) is 4.90 Å². The number of hydrogen-bond acceptors (Lipinski definition) is 6. The predicted octanol–water partition coefficient (Wildman–Crippen LogP) is 3.09. The molecule has 3 fully saturated rings. The van der Waals surface area contributed by atoms with E-state index in [4.69, 9.17) is 9.47 Å². The van der Waals surface area contributed by atoms with Crippen molar-refractivity contribution in [3.63, 3.8) is 0 Å². The maximum Gasteiger partial charge on any atom is 0.312 e. The Morgan fingerprint density at radius 1 is 1.32 bits per heavy atom. The van der Waals surface area contributed by atoms with E-state index in [-0.39, 0.29) is 31.6 Å². The van der Waals surface area contributed by atoms with Crippen LogP contribution >= 0.6 is 0 Å². The lowest BCUT2D eigenvalue weighted by Crippen LogP contribution is -2.58. The minimum atomic E-state index is -1.15. The molecule has 3 aliphatic heterocycles. The van der Waals surface area contributed by atoms with Crippen LogP contribution in [-0.2, 0) is 23.9 Å². The third-order valence-corrected chi connectivity index (χ3v) is 8.01. The molecule has 0 saturated carbocycles. The number of carbonyl (C=O) groups excluding carboxylic acids is 3. The Morgan fingerprint density at radius 2 is 2.08 bits per heavy atom. The molecule has 4 rings (SSSR count). The number of amides is 2. The maximum absolute atomic E-state index is 14.4. The summed E-state index contributed by atoms with van der Waals surface area (Å²) in [5.41, 5.74) is 1.50. The zero-order chi connectivity index (χ0) is 26.9. The normalized spacial score (nSPS) is 28.6. The number of rotatable bonds is 11. The van der Waals surface area contributed by atoms with E-state index in [0.717, 1.165) is 23.2 Å². The minimum Gasteiger partial charge on any atom is -0.465 e. The number of aryl methyl sites for hydroxylation is 2. The first-order valence-electron chi connectivity index (χ1n) is 13.1. The van der Waals surface area contributed by atoms with E-state index in [1.807, 2.05) is 32.0 Å². The zero-order valence-electron chi connectivity index (χ0n) is 22.0. The second kappa shape index (κ2) is 10.8. The number of benzene rings is 1. The number of hydrogen-bond donors (Lipinski definition) is 1. The number of carbonyl (C=O) groups is 3. The Hall–Kier alpha value is -2.97. The molecule has 1 spiro atoms. The Bertz CT molecular complexity index is 1090. The summed E-state index contributed by atoms with van der Waals surface area (Å²) in [6.45, 7) is 13.3. The van der Waals surface area contributed by atoms with Gasteiger partial charge in [0.05, 0.1) is 37.2 Å². The van der Waals surface area contributed by atoms with Crippen molar-refractivity contribution in [3.8, 4) is 0 Å². The van der Waals surface area contributed by atoms with Crippen LogP contribution in [0.3, 0.4) is 0 Å². The lowest BCUT2D eigenvalue weighted by molar-refractivity contribution is -0.155. The monoisotopic (exact) mass is 510 g/mol. The van der Waals surface area contributed by atoms with Crippen LogP contribution in [0.1, 0.15) is 43.7 Å². The maximum atomic E-state index is 14.4. The van der Waals surface area contributed by atoms with Crippen LogP contribution in [0.25, 0.3) is 0 Å². The molecule has 0 aliphatic carbocycles. The number of aliphatic hydroxyl groups is 1. The molecule has 37 heavy (non-hydrogen) atoms. The van der Waals surface area contributed by atoms with E-state index in [2.05, 4.69) is 13.2 Å². The van der Waals surface area contributed by atoms with Crippen molar-refractivity contribution >= 4 is 23.5 Å². The van der Waals surface area contributed by atoms with Crippen molar-refractivity contribution < 1.29 is 29.0 Å². The van der Waals surface area contributed by atoms with Crippen LogP contribution in [0.15, 0.2) is 43.5 Å². The van der Waals surface area contributed by atoms with Gasteiger partial charge >= 0.3 is 5.97 Å². The SMILES string of the molecule is C=CCCCOC(=O)[C@@H]1[C@@H]2CCC3(O2)C(C(=O)N(CC=C)c2cc(C)ccc2C)N([C@H](C)CO)C(=O)[C@H]13. The van der Waals surface area contributed by atoms with Crippen LogP contribution in [0, 0.1) is 25.7 Å². The van der Waals surface area contributed by atoms with Crippen molar-refractivity contribution in [2.75, 3.05) is 24.7 Å². The lowest BCUT2D eigenvalue weighted by Gasteiger charge is -2.38. The molecule has 1 aromatic rings. The number of ether oxygens (including phenoxy) is 2. The van der Waals surface area contributed by atoms with Crippen LogP contribution in [0.2, 0.25) is 0 Å². The number of aliphatic hydroxyl groups excluding tert-OH is 1. The van der Waals surface area contributed by atoms with E-state index in [0.29, 0.717) is 19.3 Å². The first-order valence-corrected chi connectivity index (χ1v) is 13.1. The van der Waals surface area contributed by atoms with Crippen molar-refractivity contribution in [1.29, 1.82) is 0 Å². The fraction of sp³-hybridized carbons (Fsp3) is 0.552. The molecule has 8 nitrogen and oxygen atoms in total. The fourth-order valence-corrected chi connectivity index (χ4v) is 6.29. The molecule has 6 atom stereocenters. The van der Waals surface area contributed by atoms with Crippen LogP contribution in [0.4, 0.5) is 5.69 Å². The van der Waals surface area contributed by atoms with Gasteiger partial charge in [-0.25, -0.2) is 0 Å². The molecular formula is C29H38N2O6. The standard InChI is InChI=1S/C29H38N2O6/c1-6-8-9-15-36-28(35)23-22-12-13-29(37-22)24(23)26(33)31(20(5)17-32)25(29)27(34)30(14-7-2)21-16-18(3)10-11-19(21)4/h6-7,10-11,16,20,22-25,32H,1-2,8-9,12-15,17H2,3-5H3/t20-,22+,23-,24+,25?,29?/m1/s1. The van der Waals surface area contributed by atoms with E-state index in [1.165, 1.54) is 4.90 Å². The average molecular weight is 511 g/mol. The quantitative estimate of drug-likeness (QED) is 0.279. The third-order valence-electron chi connectivity index (χ3n) is 8.01. The molecule has 8 heteroatoms. The number of anilines is 1. The summed E-state index contributed by atoms with van der Waals surface area (Å²) in [4.78, 5) is 44.6. The molecule has 2 unspecified atom stereocenters. The molecule has 1 aromatic carbocycles. The zero-order valence-corrected chi connectivity index (χ0v) is 22.0. The Kier molecular flexibility index (Phi) is 7.90. The first kappa shape index (κ1) is 27.1. The number of nitrogens with zero attached hydrogens (tertiary/aromatic N) is 2. The molecule has 3 heterocycles. The highest BCUT2D eigenvalue weighted by molar-refractivity contribution is 6.05. The second-order valence-electron chi connectivity index (χ2n) is 10.5. The highest BCUT2D eigenvalue weighted by atomic mass is 16.6. The van der Waals surface area contributed by atoms with Crippen LogP contribution < -0.4 is 4.90 Å². The Labute approximate surface area is 218 Å². The predicted molar refractivity (Wildman–Crippen MR) is 140 cm³/mol. The fourth-order valence-electron chi connectivity index (χ4n) is 6.29. The summed E-state index contributed by atoms with van der Waals surface area (Å²) < 4.78 is 12.0. The summed E-state index contributed by atoms with van der Waals surface area (Å²) in [6.07, 6.45) is 5.36. The largest absolute Gasteiger partial charge is 0.465 e. The molecule has 1 N–H and O–H groups in total. The number of allylic oxidation sites excluding steroid dienone is 1. The van der Waals surface area contributed by atoms with Crippen LogP contribution in [0.5, 0.6) is 0 Å². The summed E-state index contributed by atoms with van der Waals surface area (Å²) in [7, 11) is 0.